The van der Waals surface area contributed by atoms with Gasteiger partial charge in [0, 0.05) is 24.2 Å². The number of aliphatic carboxylic acids is 1. The number of nitrogens with zero attached hydrogens (tertiary/aromatic N) is 1. The molecule has 0 amide bonds. The highest BCUT2D eigenvalue weighted by Gasteiger charge is 2.25. The third kappa shape index (κ3) is 3.70. The van der Waals surface area contributed by atoms with Crippen molar-refractivity contribution in [2.45, 2.75) is 19.0 Å². The number of ether oxygens (including phenoxy) is 1. The second-order valence-electron chi connectivity index (χ2n) is 4.42. The fourth-order valence-corrected chi connectivity index (χ4v) is 2.24. The Bertz CT molecular complexity index is 407. The van der Waals surface area contributed by atoms with Gasteiger partial charge in [-0.1, -0.05) is 23.7 Å². The van der Waals surface area contributed by atoms with Crippen molar-refractivity contribution in [1.29, 1.82) is 0 Å². The number of morpholine rings is 1. The molecule has 1 atom stereocenters. The number of halogens is 1. The van der Waals surface area contributed by atoms with Gasteiger partial charge in [-0.15, -0.1) is 0 Å². The maximum absolute atomic E-state index is 10.8. The number of benzene rings is 1. The van der Waals surface area contributed by atoms with Gasteiger partial charge >= 0.3 is 5.97 Å². The van der Waals surface area contributed by atoms with E-state index in [0.29, 0.717) is 18.2 Å². The fraction of sp³-hybridized carbons (Fsp3) is 0.462. The van der Waals surface area contributed by atoms with Gasteiger partial charge in [0.25, 0.3) is 0 Å². The minimum Gasteiger partial charge on any atom is -0.481 e. The summed E-state index contributed by atoms with van der Waals surface area (Å²) in [5, 5.41) is 9.60. The molecule has 1 aromatic carbocycles. The van der Waals surface area contributed by atoms with Crippen LogP contribution in [0.1, 0.15) is 12.0 Å². The molecule has 98 valence electrons. The Morgan fingerprint density at radius 3 is 2.83 bits per heavy atom. The maximum Gasteiger partial charge on any atom is 0.305 e. The highest BCUT2D eigenvalue weighted by molar-refractivity contribution is 6.30. The molecule has 0 aliphatic carbocycles. The van der Waals surface area contributed by atoms with Crippen molar-refractivity contribution in [3.05, 3.63) is 34.9 Å². The van der Waals surface area contributed by atoms with Crippen LogP contribution in [-0.4, -0.2) is 41.8 Å². The molecule has 5 heteroatoms. The van der Waals surface area contributed by atoms with E-state index in [1.165, 1.54) is 0 Å². The summed E-state index contributed by atoms with van der Waals surface area (Å²) in [5.41, 5.74) is 1.14. The molecule has 1 unspecified atom stereocenters. The van der Waals surface area contributed by atoms with Gasteiger partial charge in [0.15, 0.2) is 0 Å². The first-order chi connectivity index (χ1) is 8.65. The van der Waals surface area contributed by atoms with Crippen molar-refractivity contribution in [2.24, 2.45) is 0 Å². The van der Waals surface area contributed by atoms with E-state index in [1.54, 1.807) is 0 Å². The van der Waals surface area contributed by atoms with E-state index < -0.39 is 5.97 Å². The van der Waals surface area contributed by atoms with Crippen LogP contribution in [0.25, 0.3) is 0 Å². The van der Waals surface area contributed by atoms with Crippen LogP contribution in [0.3, 0.4) is 0 Å². The van der Waals surface area contributed by atoms with E-state index in [-0.39, 0.29) is 12.5 Å². The molecule has 18 heavy (non-hydrogen) atoms. The van der Waals surface area contributed by atoms with Crippen LogP contribution in [-0.2, 0) is 16.1 Å². The third-order valence-electron chi connectivity index (χ3n) is 3.06. The van der Waals surface area contributed by atoms with Crippen LogP contribution in [0.15, 0.2) is 24.3 Å². The fourth-order valence-electron chi connectivity index (χ4n) is 2.11. The van der Waals surface area contributed by atoms with Crippen molar-refractivity contribution in [3.8, 4) is 0 Å². The van der Waals surface area contributed by atoms with Crippen molar-refractivity contribution in [2.75, 3.05) is 19.8 Å². The van der Waals surface area contributed by atoms with Gasteiger partial charge in [-0.25, -0.2) is 0 Å². The minimum atomic E-state index is -0.786. The zero-order chi connectivity index (χ0) is 13.0. The van der Waals surface area contributed by atoms with Crippen LogP contribution in [0.4, 0.5) is 0 Å². The average molecular weight is 270 g/mol. The molecular formula is C13H16ClNO3. The Morgan fingerprint density at radius 1 is 1.44 bits per heavy atom. The summed E-state index contributed by atoms with van der Waals surface area (Å²) < 4.78 is 5.34. The van der Waals surface area contributed by atoms with Gasteiger partial charge in [-0.2, -0.15) is 0 Å². The Labute approximate surface area is 111 Å². The van der Waals surface area contributed by atoms with E-state index >= 15 is 0 Å². The van der Waals surface area contributed by atoms with Crippen molar-refractivity contribution in [1.82, 2.24) is 4.90 Å². The lowest BCUT2D eigenvalue weighted by Crippen LogP contribution is -2.45. The average Bonchev–Trinajstić information content (AvgIpc) is 2.34. The lowest BCUT2D eigenvalue weighted by Gasteiger charge is -2.34. The standard InChI is InChI=1S/C13H16ClNO3/c14-11-3-1-10(2-4-11)8-15-5-6-18-9-12(15)7-13(16)17/h1-4,12H,5-9H2,(H,16,17). The Balaban J connectivity index is 2.00. The van der Waals surface area contributed by atoms with E-state index in [2.05, 4.69) is 4.90 Å². The van der Waals surface area contributed by atoms with Crippen LogP contribution in [0.5, 0.6) is 0 Å². The van der Waals surface area contributed by atoms with Crippen molar-refractivity contribution >= 4 is 17.6 Å². The first-order valence-electron chi connectivity index (χ1n) is 5.93. The third-order valence-corrected chi connectivity index (χ3v) is 3.31. The Morgan fingerprint density at radius 2 is 2.17 bits per heavy atom. The molecule has 2 rings (SSSR count). The van der Waals surface area contributed by atoms with Crippen molar-refractivity contribution in [3.63, 3.8) is 0 Å². The Kier molecular flexibility index (Phi) is 4.58. The molecule has 4 nitrogen and oxygen atoms in total. The summed E-state index contributed by atoms with van der Waals surface area (Å²) in [6, 6.07) is 7.59. The number of hydrogen-bond donors (Lipinski definition) is 1. The zero-order valence-electron chi connectivity index (χ0n) is 10.0. The lowest BCUT2D eigenvalue weighted by molar-refractivity contribution is -0.140. The number of carbonyl (C=O) groups is 1. The van der Waals surface area contributed by atoms with E-state index in [0.717, 1.165) is 18.7 Å². The van der Waals surface area contributed by atoms with Gasteiger partial charge < -0.3 is 9.84 Å². The van der Waals surface area contributed by atoms with Crippen LogP contribution in [0, 0.1) is 0 Å². The molecule has 1 saturated heterocycles. The normalized spacial score (nSPS) is 20.8. The molecule has 0 spiro atoms. The molecule has 0 bridgehead atoms. The van der Waals surface area contributed by atoms with E-state index in [1.807, 2.05) is 24.3 Å². The molecule has 0 radical (unpaired) electrons. The van der Waals surface area contributed by atoms with Gasteiger partial charge in [-0.3, -0.25) is 9.69 Å². The number of carboxylic acids is 1. The maximum atomic E-state index is 10.8. The molecule has 1 aliphatic heterocycles. The zero-order valence-corrected chi connectivity index (χ0v) is 10.8. The Hall–Kier alpha value is -1.10. The van der Waals surface area contributed by atoms with Crippen molar-refractivity contribution < 1.29 is 14.6 Å². The van der Waals surface area contributed by atoms with Gasteiger partial charge in [-0.05, 0) is 17.7 Å². The summed E-state index contributed by atoms with van der Waals surface area (Å²) in [6.45, 7) is 2.64. The van der Waals surface area contributed by atoms with Crippen LogP contribution in [0.2, 0.25) is 5.02 Å². The summed E-state index contributed by atoms with van der Waals surface area (Å²) in [4.78, 5) is 13.0. The number of rotatable bonds is 4. The summed E-state index contributed by atoms with van der Waals surface area (Å²) >= 11 is 5.84. The molecule has 0 saturated carbocycles. The quantitative estimate of drug-likeness (QED) is 0.909. The SMILES string of the molecule is O=C(O)CC1COCCN1Cc1ccc(Cl)cc1. The van der Waals surface area contributed by atoms with E-state index in [9.17, 15) is 4.79 Å². The first kappa shape index (κ1) is 13.3. The number of hydrogen-bond acceptors (Lipinski definition) is 3. The molecular weight excluding hydrogens is 254 g/mol. The molecule has 1 aromatic rings. The van der Waals surface area contributed by atoms with Crippen LogP contribution >= 0.6 is 11.6 Å². The van der Waals surface area contributed by atoms with Gasteiger partial charge in [0.05, 0.1) is 19.6 Å². The highest BCUT2D eigenvalue weighted by Crippen LogP contribution is 2.16. The first-order valence-corrected chi connectivity index (χ1v) is 6.31. The monoisotopic (exact) mass is 269 g/mol. The predicted molar refractivity (Wildman–Crippen MR) is 68.7 cm³/mol. The second-order valence-corrected chi connectivity index (χ2v) is 4.86. The van der Waals surface area contributed by atoms with Crippen LogP contribution < -0.4 is 0 Å². The molecule has 1 heterocycles. The molecule has 1 N–H and O–H groups in total. The van der Waals surface area contributed by atoms with Gasteiger partial charge in [0.1, 0.15) is 0 Å². The summed E-state index contributed by atoms with van der Waals surface area (Å²) in [5.74, 6) is -0.786. The molecule has 1 fully saturated rings. The molecule has 1 aliphatic rings. The highest BCUT2D eigenvalue weighted by atomic mass is 35.5. The smallest absolute Gasteiger partial charge is 0.305 e. The molecule has 0 aromatic heterocycles. The summed E-state index contributed by atoms with van der Waals surface area (Å²) in [6.07, 6.45) is 0.119. The number of carboxylic acid groups (broad SMARTS) is 1. The summed E-state index contributed by atoms with van der Waals surface area (Å²) in [7, 11) is 0. The topological polar surface area (TPSA) is 49.8 Å². The van der Waals surface area contributed by atoms with E-state index in [4.69, 9.17) is 21.4 Å². The minimum absolute atomic E-state index is 0.0491. The second kappa shape index (κ2) is 6.18. The lowest BCUT2D eigenvalue weighted by atomic mass is 10.1. The largest absolute Gasteiger partial charge is 0.481 e. The predicted octanol–water partition coefficient (Wildman–Crippen LogP) is 2.02. The van der Waals surface area contributed by atoms with Gasteiger partial charge in [0.2, 0.25) is 0 Å².